The first-order valence-electron chi connectivity index (χ1n) is 14.5. The third kappa shape index (κ3) is 9.01. The van der Waals surface area contributed by atoms with Gasteiger partial charge in [0.05, 0.1) is 11.1 Å². The Bertz CT molecular complexity index is 1190. The summed E-state index contributed by atoms with van der Waals surface area (Å²) in [6, 6.07) is 17.4. The van der Waals surface area contributed by atoms with E-state index in [-0.39, 0.29) is 6.61 Å². The maximum atomic E-state index is 13.1. The number of hydrogen-bond donors (Lipinski definition) is 0. The summed E-state index contributed by atoms with van der Waals surface area (Å²) in [5.74, 6) is -1.99. The number of hydrogen-bond acceptors (Lipinski definition) is 9. The average Bonchev–Trinajstić information content (AvgIpc) is 3.34. The second-order valence-corrected chi connectivity index (χ2v) is 10.8. The highest BCUT2D eigenvalue weighted by molar-refractivity contribution is 5.89. The van der Waals surface area contributed by atoms with Crippen LogP contribution in [-0.2, 0) is 28.4 Å². The van der Waals surface area contributed by atoms with E-state index >= 15 is 0 Å². The van der Waals surface area contributed by atoms with Crippen molar-refractivity contribution in [1.82, 2.24) is 0 Å². The van der Waals surface area contributed by atoms with Crippen molar-refractivity contribution in [2.24, 2.45) is 5.11 Å². The lowest BCUT2D eigenvalue weighted by Crippen LogP contribution is -2.59. The number of carbonyl (C=O) groups is 2. The normalized spacial score (nSPS) is 24.3. The van der Waals surface area contributed by atoms with Crippen LogP contribution in [0, 0.1) is 0 Å². The van der Waals surface area contributed by atoms with Crippen LogP contribution >= 0.6 is 0 Å². The smallest absolute Gasteiger partial charge is 0.338 e. The van der Waals surface area contributed by atoms with Crippen molar-refractivity contribution in [3.8, 4) is 0 Å². The van der Waals surface area contributed by atoms with Crippen LogP contribution in [-0.4, -0.2) is 68.2 Å². The third-order valence-corrected chi connectivity index (χ3v) is 7.07. The van der Waals surface area contributed by atoms with Gasteiger partial charge in [0.2, 0.25) is 0 Å². The largest absolute Gasteiger partial charge is 0.459 e. The van der Waals surface area contributed by atoms with E-state index in [9.17, 15) is 9.59 Å². The predicted octanol–water partition coefficient (Wildman–Crippen LogP) is 5.98. The molecule has 42 heavy (non-hydrogen) atoms. The number of unbranched alkanes of at least 4 members (excludes halogenated alkanes) is 5. The fraction of sp³-hybridized carbons (Fsp3) is 0.548. The second-order valence-electron chi connectivity index (χ2n) is 10.8. The maximum absolute atomic E-state index is 13.1. The summed E-state index contributed by atoms with van der Waals surface area (Å²) >= 11 is 0. The fourth-order valence-corrected chi connectivity index (χ4v) is 5.05. The maximum Gasteiger partial charge on any atom is 0.338 e. The van der Waals surface area contributed by atoms with Gasteiger partial charge in [-0.3, -0.25) is 0 Å². The molecular formula is C31H39N3O8. The molecule has 11 nitrogen and oxygen atoms in total. The molecule has 5 atom stereocenters. The summed E-state index contributed by atoms with van der Waals surface area (Å²) in [7, 11) is 0. The van der Waals surface area contributed by atoms with Gasteiger partial charge in [0.25, 0.3) is 0 Å². The number of ether oxygens (including phenoxy) is 6. The molecule has 0 N–H and O–H groups in total. The van der Waals surface area contributed by atoms with Crippen LogP contribution in [0.3, 0.4) is 0 Å². The summed E-state index contributed by atoms with van der Waals surface area (Å²) in [5, 5.41) is 3.56. The topological polar surface area (TPSA) is 138 Å². The van der Waals surface area contributed by atoms with Crippen molar-refractivity contribution < 1.29 is 38.0 Å². The van der Waals surface area contributed by atoms with Crippen LogP contribution < -0.4 is 0 Å². The molecule has 0 saturated carbocycles. The Morgan fingerprint density at radius 2 is 1.45 bits per heavy atom. The molecule has 0 amide bonds. The first-order valence-corrected chi connectivity index (χ1v) is 14.5. The van der Waals surface area contributed by atoms with Crippen LogP contribution in [0.15, 0.2) is 65.8 Å². The van der Waals surface area contributed by atoms with E-state index in [0.717, 1.165) is 38.5 Å². The summed E-state index contributed by atoms with van der Waals surface area (Å²) in [6.45, 7) is 4.35. The standard InChI is InChI=1S/C31H39N3O8/c1-31(2)41-25-24(21-38-28(35)22-15-9-7-10-16-22)39-30(37-20-14-6-4-3-5-13-19-33-34-32)27(26(25)42-31)40-29(36)23-17-11-8-12-18-23/h7-12,15-18,24-27,30H,3-6,13-14,19-21H2,1-2H3/t24-,25+,26+,27-,30-/m1/s1. The molecule has 0 unspecified atom stereocenters. The number of azide groups is 1. The molecule has 226 valence electrons. The molecule has 2 aromatic rings. The van der Waals surface area contributed by atoms with Gasteiger partial charge < -0.3 is 28.4 Å². The van der Waals surface area contributed by atoms with Crippen LogP contribution in [0.1, 0.15) is 73.1 Å². The molecule has 2 aliphatic rings. The van der Waals surface area contributed by atoms with E-state index < -0.39 is 48.4 Å². The Morgan fingerprint density at radius 3 is 2.12 bits per heavy atom. The molecule has 2 aromatic carbocycles. The molecule has 4 rings (SSSR count). The van der Waals surface area contributed by atoms with Gasteiger partial charge in [0.1, 0.15) is 24.9 Å². The molecular weight excluding hydrogens is 542 g/mol. The molecule has 0 spiro atoms. The first-order chi connectivity index (χ1) is 20.4. The van der Waals surface area contributed by atoms with E-state index in [1.807, 2.05) is 12.1 Å². The van der Waals surface area contributed by atoms with Gasteiger partial charge in [-0.1, -0.05) is 67.2 Å². The van der Waals surface area contributed by atoms with Gasteiger partial charge in [-0.15, -0.1) is 0 Å². The Hall–Kier alpha value is -3.47. The molecule has 11 heteroatoms. The van der Waals surface area contributed by atoms with Crippen molar-refractivity contribution in [3.63, 3.8) is 0 Å². The second kappa shape index (κ2) is 15.7. The number of benzene rings is 2. The van der Waals surface area contributed by atoms with E-state index in [1.165, 1.54) is 0 Å². The molecule has 0 radical (unpaired) electrons. The number of esters is 2. The molecule has 2 aliphatic heterocycles. The Kier molecular flexibility index (Phi) is 11.7. The molecule has 2 fully saturated rings. The Labute approximate surface area is 246 Å². The van der Waals surface area contributed by atoms with Crippen molar-refractivity contribution in [2.75, 3.05) is 19.8 Å². The Morgan fingerprint density at radius 1 is 0.857 bits per heavy atom. The lowest BCUT2D eigenvalue weighted by Gasteiger charge is -2.41. The van der Waals surface area contributed by atoms with Crippen molar-refractivity contribution in [3.05, 3.63) is 82.2 Å². The monoisotopic (exact) mass is 581 g/mol. The zero-order valence-electron chi connectivity index (χ0n) is 24.1. The minimum Gasteiger partial charge on any atom is -0.459 e. The number of carbonyl (C=O) groups excluding carboxylic acids is 2. The number of rotatable bonds is 15. The average molecular weight is 582 g/mol. The highest BCUT2D eigenvalue weighted by atomic mass is 16.8. The summed E-state index contributed by atoms with van der Waals surface area (Å²) in [4.78, 5) is 28.5. The molecule has 0 aromatic heterocycles. The van der Waals surface area contributed by atoms with Crippen LogP contribution in [0.4, 0.5) is 0 Å². The van der Waals surface area contributed by atoms with Gasteiger partial charge in [0.15, 0.2) is 18.2 Å². The van der Waals surface area contributed by atoms with Gasteiger partial charge in [-0.2, -0.15) is 0 Å². The van der Waals surface area contributed by atoms with Crippen LogP contribution in [0.25, 0.3) is 10.4 Å². The Balaban J connectivity index is 1.41. The lowest BCUT2D eigenvalue weighted by molar-refractivity contribution is -0.281. The zero-order valence-corrected chi connectivity index (χ0v) is 24.1. The highest BCUT2D eigenvalue weighted by Crippen LogP contribution is 2.39. The minimum atomic E-state index is -0.981. The molecule has 0 bridgehead atoms. The molecule has 2 heterocycles. The number of fused-ring (bicyclic) bond motifs is 1. The number of nitrogens with zero attached hydrogens (tertiary/aromatic N) is 3. The summed E-state index contributed by atoms with van der Waals surface area (Å²) in [6.07, 6.45) is 1.71. The van der Waals surface area contributed by atoms with Crippen molar-refractivity contribution >= 4 is 11.9 Å². The highest BCUT2D eigenvalue weighted by Gasteiger charge is 2.57. The van der Waals surface area contributed by atoms with E-state index in [0.29, 0.717) is 24.3 Å². The van der Waals surface area contributed by atoms with Gasteiger partial charge in [-0.05, 0) is 56.5 Å². The van der Waals surface area contributed by atoms with Gasteiger partial charge >= 0.3 is 11.9 Å². The van der Waals surface area contributed by atoms with E-state index in [4.69, 9.17) is 34.0 Å². The van der Waals surface area contributed by atoms with E-state index in [2.05, 4.69) is 10.0 Å². The quantitative estimate of drug-likeness (QED) is 0.0823. The van der Waals surface area contributed by atoms with E-state index in [1.54, 1.807) is 62.4 Å². The minimum absolute atomic E-state index is 0.0939. The van der Waals surface area contributed by atoms with Crippen LogP contribution in [0.5, 0.6) is 0 Å². The van der Waals surface area contributed by atoms with Crippen molar-refractivity contribution in [2.45, 2.75) is 88.9 Å². The van der Waals surface area contributed by atoms with Gasteiger partial charge in [0, 0.05) is 18.1 Å². The first kappa shape index (κ1) is 31.5. The fourth-order valence-electron chi connectivity index (χ4n) is 5.05. The third-order valence-electron chi connectivity index (χ3n) is 7.07. The summed E-state index contributed by atoms with van der Waals surface area (Å²) < 4.78 is 36.4. The van der Waals surface area contributed by atoms with Gasteiger partial charge in [-0.25, -0.2) is 9.59 Å². The zero-order chi connectivity index (χ0) is 29.8. The SMILES string of the molecule is CC1(C)O[C@H]2[C@@H](O1)[C@@H](COC(=O)c1ccccc1)O[C@@H](OCCCCCCCCN=[N+]=[N-])[C@@H]2OC(=O)c1ccccc1. The summed E-state index contributed by atoms with van der Waals surface area (Å²) in [5.41, 5.74) is 9.18. The lowest BCUT2D eigenvalue weighted by atomic mass is 9.99. The van der Waals surface area contributed by atoms with Crippen LogP contribution in [0.2, 0.25) is 0 Å². The molecule has 0 aliphatic carbocycles. The van der Waals surface area contributed by atoms with Crippen molar-refractivity contribution in [1.29, 1.82) is 0 Å². The molecule has 2 saturated heterocycles. The predicted molar refractivity (Wildman–Crippen MR) is 153 cm³/mol.